The van der Waals surface area contributed by atoms with E-state index in [1.165, 1.54) is 36.5 Å². The fraction of sp³-hybridized carbons (Fsp3) is 0.0769. The monoisotopic (exact) mass is 322 g/mol. The molecule has 0 radical (unpaired) electrons. The molecule has 0 aliphatic rings. The first-order chi connectivity index (χ1) is 9.96. The van der Waals surface area contributed by atoms with E-state index in [9.17, 15) is 8.42 Å². The van der Waals surface area contributed by atoms with Crippen LogP contribution in [-0.4, -0.2) is 20.4 Å². The van der Waals surface area contributed by atoms with Gasteiger partial charge in [0, 0.05) is 24.3 Å². The van der Waals surface area contributed by atoms with Gasteiger partial charge in [0.2, 0.25) is 0 Å². The Labute approximate surface area is 127 Å². The fourth-order valence-electron chi connectivity index (χ4n) is 1.62. The summed E-state index contributed by atoms with van der Waals surface area (Å²) in [5.41, 5.74) is 0.318. The lowest BCUT2D eigenvalue weighted by atomic mass is 10.2. The molecule has 0 spiro atoms. The quantitative estimate of drug-likeness (QED) is 0.901. The van der Waals surface area contributed by atoms with Crippen molar-refractivity contribution >= 4 is 33.1 Å². The molecule has 6 nitrogen and oxygen atoms in total. The summed E-state index contributed by atoms with van der Waals surface area (Å²) in [7, 11) is -2.20. The molecule has 21 heavy (non-hydrogen) atoms. The van der Waals surface area contributed by atoms with Gasteiger partial charge in [-0.3, -0.25) is 4.72 Å². The van der Waals surface area contributed by atoms with Gasteiger partial charge in [-0.25, -0.2) is 13.4 Å². The van der Waals surface area contributed by atoms with Crippen LogP contribution in [0, 0.1) is 11.3 Å². The molecular formula is C13H11ClN4O2S. The summed E-state index contributed by atoms with van der Waals surface area (Å²) in [6.07, 6.45) is 1.38. The number of sulfonamides is 1. The number of halogens is 1. The van der Waals surface area contributed by atoms with Gasteiger partial charge in [0.15, 0.2) is 0 Å². The topological polar surface area (TPSA) is 94.9 Å². The van der Waals surface area contributed by atoms with Crippen molar-refractivity contribution < 1.29 is 8.42 Å². The molecule has 0 saturated carbocycles. The van der Waals surface area contributed by atoms with Gasteiger partial charge in [0.25, 0.3) is 10.0 Å². The Kier molecular flexibility index (Phi) is 4.31. The lowest BCUT2D eigenvalue weighted by Gasteiger charge is -2.10. The Bertz CT molecular complexity index is 815. The highest BCUT2D eigenvalue weighted by molar-refractivity contribution is 7.92. The minimum absolute atomic E-state index is 0.0331. The zero-order valence-electron chi connectivity index (χ0n) is 11.0. The van der Waals surface area contributed by atoms with Gasteiger partial charge in [0.05, 0.1) is 16.1 Å². The van der Waals surface area contributed by atoms with E-state index in [0.29, 0.717) is 10.8 Å². The van der Waals surface area contributed by atoms with Crippen molar-refractivity contribution in [3.8, 4) is 6.07 Å². The Morgan fingerprint density at radius 3 is 2.71 bits per heavy atom. The van der Waals surface area contributed by atoms with E-state index in [2.05, 4.69) is 15.0 Å². The molecule has 1 heterocycles. The number of pyridine rings is 1. The van der Waals surface area contributed by atoms with Crippen LogP contribution in [0.4, 0.5) is 11.5 Å². The first-order valence-corrected chi connectivity index (χ1v) is 7.68. The molecule has 0 unspecified atom stereocenters. The average Bonchev–Trinajstić information content (AvgIpc) is 2.47. The third kappa shape index (κ3) is 3.42. The van der Waals surface area contributed by atoms with Crippen LogP contribution in [0.2, 0.25) is 5.02 Å². The van der Waals surface area contributed by atoms with Crippen molar-refractivity contribution in [2.45, 2.75) is 4.90 Å². The minimum Gasteiger partial charge on any atom is -0.373 e. The van der Waals surface area contributed by atoms with Gasteiger partial charge in [0.1, 0.15) is 11.9 Å². The molecule has 108 valence electrons. The maximum absolute atomic E-state index is 12.3. The standard InChI is InChI=1S/C13H11ClN4O2S/c1-16-13-7-11(4-5-17-13)21(19,20)18-12-6-10(14)3-2-9(12)8-15/h2-7,18H,1H3,(H,16,17). The van der Waals surface area contributed by atoms with Gasteiger partial charge in [-0.05, 0) is 24.3 Å². The van der Waals surface area contributed by atoms with Crippen LogP contribution in [-0.2, 0) is 10.0 Å². The number of anilines is 2. The third-order valence-electron chi connectivity index (χ3n) is 2.64. The highest BCUT2D eigenvalue weighted by Gasteiger charge is 2.17. The van der Waals surface area contributed by atoms with Crippen molar-refractivity contribution in [2.24, 2.45) is 0 Å². The van der Waals surface area contributed by atoms with E-state index in [1.54, 1.807) is 7.05 Å². The molecule has 0 aliphatic carbocycles. The first kappa shape index (κ1) is 15.1. The predicted molar refractivity (Wildman–Crippen MR) is 80.8 cm³/mol. The maximum atomic E-state index is 12.3. The summed E-state index contributed by atoms with van der Waals surface area (Å²) in [6.45, 7) is 0. The molecule has 2 aromatic rings. The number of nitrogens with zero attached hydrogens (tertiary/aromatic N) is 2. The Balaban J connectivity index is 2.42. The normalized spacial score (nSPS) is 10.7. The second kappa shape index (κ2) is 5.99. The summed E-state index contributed by atoms with van der Waals surface area (Å²) >= 11 is 5.83. The largest absolute Gasteiger partial charge is 0.373 e. The van der Waals surface area contributed by atoms with Crippen LogP contribution >= 0.6 is 11.6 Å². The van der Waals surface area contributed by atoms with Crippen molar-refractivity contribution in [2.75, 3.05) is 17.1 Å². The summed E-state index contributed by atoms with van der Waals surface area (Å²) in [6, 6.07) is 9.01. The number of aromatic nitrogens is 1. The van der Waals surface area contributed by atoms with E-state index in [1.807, 2.05) is 6.07 Å². The zero-order valence-corrected chi connectivity index (χ0v) is 12.5. The summed E-state index contributed by atoms with van der Waals surface area (Å²) in [4.78, 5) is 3.98. The Hall–Kier alpha value is -2.30. The number of rotatable bonds is 4. The maximum Gasteiger partial charge on any atom is 0.262 e. The molecule has 0 bridgehead atoms. The van der Waals surface area contributed by atoms with E-state index in [-0.39, 0.29) is 16.1 Å². The van der Waals surface area contributed by atoms with Crippen molar-refractivity contribution in [3.63, 3.8) is 0 Å². The lowest BCUT2D eigenvalue weighted by Crippen LogP contribution is -2.14. The lowest BCUT2D eigenvalue weighted by molar-refractivity contribution is 0.601. The van der Waals surface area contributed by atoms with Gasteiger partial charge in [-0.15, -0.1) is 0 Å². The van der Waals surface area contributed by atoms with Crippen LogP contribution in [0.5, 0.6) is 0 Å². The van der Waals surface area contributed by atoms with Gasteiger partial charge >= 0.3 is 0 Å². The molecule has 2 N–H and O–H groups in total. The number of nitrogens with one attached hydrogen (secondary N) is 2. The SMILES string of the molecule is CNc1cc(S(=O)(=O)Nc2cc(Cl)ccc2C#N)ccn1. The van der Waals surface area contributed by atoms with E-state index >= 15 is 0 Å². The second-order valence-electron chi connectivity index (χ2n) is 4.03. The van der Waals surface area contributed by atoms with Gasteiger partial charge in [-0.2, -0.15) is 5.26 Å². The molecule has 0 fully saturated rings. The molecule has 0 atom stereocenters. The smallest absolute Gasteiger partial charge is 0.262 e. The minimum atomic E-state index is -3.84. The molecule has 0 aliphatic heterocycles. The number of benzene rings is 1. The first-order valence-electron chi connectivity index (χ1n) is 5.82. The average molecular weight is 323 g/mol. The van der Waals surface area contributed by atoms with Crippen LogP contribution in [0.3, 0.4) is 0 Å². The third-order valence-corrected chi connectivity index (χ3v) is 4.24. The van der Waals surface area contributed by atoms with Crippen molar-refractivity contribution in [1.82, 2.24) is 4.98 Å². The van der Waals surface area contributed by atoms with E-state index < -0.39 is 10.0 Å². The van der Waals surface area contributed by atoms with Crippen LogP contribution < -0.4 is 10.0 Å². The van der Waals surface area contributed by atoms with Gasteiger partial charge < -0.3 is 5.32 Å². The molecule has 0 amide bonds. The van der Waals surface area contributed by atoms with Crippen LogP contribution in [0.25, 0.3) is 0 Å². The zero-order chi connectivity index (χ0) is 15.5. The highest BCUT2D eigenvalue weighted by atomic mass is 35.5. The number of hydrogen-bond donors (Lipinski definition) is 2. The summed E-state index contributed by atoms with van der Waals surface area (Å²) < 4.78 is 27.0. The fourth-order valence-corrected chi connectivity index (χ4v) is 2.87. The molecule has 0 saturated heterocycles. The Morgan fingerprint density at radius 2 is 2.05 bits per heavy atom. The second-order valence-corrected chi connectivity index (χ2v) is 6.15. The summed E-state index contributed by atoms with van der Waals surface area (Å²) in [5, 5.41) is 12.1. The van der Waals surface area contributed by atoms with E-state index in [4.69, 9.17) is 16.9 Å². The molecule has 1 aromatic heterocycles. The van der Waals surface area contributed by atoms with Crippen LogP contribution in [0.1, 0.15) is 5.56 Å². The summed E-state index contributed by atoms with van der Waals surface area (Å²) in [5.74, 6) is 0.421. The van der Waals surface area contributed by atoms with Crippen LogP contribution in [0.15, 0.2) is 41.4 Å². The Morgan fingerprint density at radius 1 is 1.29 bits per heavy atom. The number of hydrogen-bond acceptors (Lipinski definition) is 5. The molecule has 1 aromatic carbocycles. The van der Waals surface area contributed by atoms with Crippen molar-refractivity contribution in [1.29, 1.82) is 5.26 Å². The molecule has 2 rings (SSSR count). The van der Waals surface area contributed by atoms with Gasteiger partial charge in [-0.1, -0.05) is 11.6 Å². The van der Waals surface area contributed by atoms with E-state index in [0.717, 1.165) is 0 Å². The van der Waals surface area contributed by atoms with Crippen molar-refractivity contribution in [3.05, 3.63) is 47.1 Å². The number of nitriles is 1. The molecule has 8 heteroatoms. The predicted octanol–water partition coefficient (Wildman–Crippen LogP) is 2.45. The molecular weight excluding hydrogens is 312 g/mol. The highest BCUT2D eigenvalue weighted by Crippen LogP contribution is 2.24.